The van der Waals surface area contributed by atoms with Crippen molar-refractivity contribution in [3.8, 4) is 0 Å². The van der Waals surface area contributed by atoms with E-state index in [-0.39, 0.29) is 24.0 Å². The summed E-state index contributed by atoms with van der Waals surface area (Å²) in [6.45, 7) is 2.23. The lowest BCUT2D eigenvalue weighted by Gasteiger charge is -2.18. The van der Waals surface area contributed by atoms with Crippen LogP contribution in [0.25, 0.3) is 20.9 Å². The summed E-state index contributed by atoms with van der Waals surface area (Å²) in [5.41, 5.74) is 15.8. The Hall–Kier alpha value is -4.83. The highest BCUT2D eigenvalue weighted by Gasteiger charge is 2.39. The number of H-pyrrole nitrogens is 2. The van der Waals surface area contributed by atoms with Crippen molar-refractivity contribution in [1.29, 1.82) is 0 Å². The third-order valence-corrected chi connectivity index (χ3v) is 6.45. The van der Waals surface area contributed by atoms with Gasteiger partial charge in [-0.05, 0) is 24.9 Å². The molecule has 0 unspecified atom stereocenters. The van der Waals surface area contributed by atoms with Gasteiger partial charge >= 0.3 is 17.5 Å². The molecule has 0 radical (unpaired) electrons. The van der Waals surface area contributed by atoms with Gasteiger partial charge in [-0.2, -0.15) is 0 Å². The van der Waals surface area contributed by atoms with Gasteiger partial charge in [0.05, 0.1) is 12.1 Å². The second-order valence-corrected chi connectivity index (χ2v) is 9.10. The van der Waals surface area contributed by atoms with Crippen LogP contribution in [0.15, 0.2) is 41.8 Å². The van der Waals surface area contributed by atoms with E-state index in [1.54, 1.807) is 0 Å². The summed E-state index contributed by atoms with van der Waals surface area (Å²) in [5.74, 6) is 0. The molecule has 40 heavy (non-hydrogen) atoms. The molecule has 2 aliphatic rings. The first-order valence-corrected chi connectivity index (χ1v) is 11.9. The van der Waals surface area contributed by atoms with Crippen LogP contribution in [0, 0.1) is 13.8 Å². The number of carbonyl (C=O) groups is 1. The van der Waals surface area contributed by atoms with Crippen LogP contribution in [-0.2, 0) is 18.9 Å². The molecule has 0 amide bonds. The summed E-state index contributed by atoms with van der Waals surface area (Å²) >= 11 is 0. The van der Waals surface area contributed by atoms with E-state index in [0.717, 1.165) is 9.13 Å². The fourth-order valence-corrected chi connectivity index (χ4v) is 4.39. The largest absolute Gasteiger partial charge is 0.508 e. The second kappa shape index (κ2) is 11.9. The van der Waals surface area contributed by atoms with Gasteiger partial charge in [0.2, 0.25) is 0 Å². The first-order chi connectivity index (χ1) is 19.1. The van der Waals surface area contributed by atoms with Gasteiger partial charge in [0.25, 0.3) is 11.1 Å². The lowest BCUT2D eigenvalue weighted by atomic mass is 10.1. The molecular formula is C21H24N10O9. The van der Waals surface area contributed by atoms with Gasteiger partial charge in [-0.3, -0.25) is 28.7 Å². The Labute approximate surface area is 222 Å². The standard InChI is InChI=1S/C21H24N10O9/c1-9-5-30(19(34)24-17(9)32)15-3-11(26-28-22)13(39-15)7-37-21(36)38-8-14-12(27-29-23)4-16(40-14)31-6-10(2)18(33)25-20(31)35/h5-6,11-16H,3-4,7-8H2,1-2H3,(H,24,32,34)(H,25,33,35)/t11-,12+,13+,14-,15+,16-. The zero-order valence-corrected chi connectivity index (χ0v) is 21.2. The molecule has 4 rings (SSSR count). The molecule has 2 aliphatic heterocycles. The van der Waals surface area contributed by atoms with Crippen molar-refractivity contribution in [2.24, 2.45) is 10.2 Å². The molecule has 2 aromatic rings. The van der Waals surface area contributed by atoms with Crippen LogP contribution in [0.3, 0.4) is 0 Å². The summed E-state index contributed by atoms with van der Waals surface area (Å²) in [6, 6.07) is -1.59. The molecule has 0 aromatic carbocycles. The summed E-state index contributed by atoms with van der Waals surface area (Å²) < 4.78 is 24.0. The molecule has 2 fully saturated rings. The van der Waals surface area contributed by atoms with Crippen LogP contribution in [-0.4, -0.2) is 62.8 Å². The lowest BCUT2D eigenvalue weighted by molar-refractivity contribution is -0.0594. The van der Waals surface area contributed by atoms with E-state index in [9.17, 15) is 24.0 Å². The molecule has 2 saturated heterocycles. The average Bonchev–Trinajstić information content (AvgIpc) is 3.50. The zero-order valence-electron chi connectivity index (χ0n) is 21.2. The smallest absolute Gasteiger partial charge is 0.432 e. The number of nitrogens with zero attached hydrogens (tertiary/aromatic N) is 8. The number of carbonyl (C=O) groups excluding carboxylic acids is 1. The van der Waals surface area contributed by atoms with E-state index in [0.29, 0.717) is 0 Å². The van der Waals surface area contributed by atoms with Crippen molar-refractivity contribution in [3.05, 3.63) is 86.1 Å². The highest BCUT2D eigenvalue weighted by Crippen LogP contribution is 2.32. The normalized spacial score (nSPS) is 25.6. The topological polar surface area (TPSA) is 261 Å². The third kappa shape index (κ3) is 6.08. The van der Waals surface area contributed by atoms with Gasteiger partial charge in [0.1, 0.15) is 37.9 Å². The van der Waals surface area contributed by atoms with Gasteiger partial charge in [-0.1, -0.05) is 10.2 Å². The summed E-state index contributed by atoms with van der Waals surface area (Å²) in [6.07, 6.45) is -1.99. The molecule has 6 atom stereocenters. The number of aromatic nitrogens is 4. The molecule has 0 aliphatic carbocycles. The summed E-state index contributed by atoms with van der Waals surface area (Å²) in [5, 5.41) is 7.29. The summed E-state index contributed by atoms with van der Waals surface area (Å²) in [4.78, 5) is 69.9. The predicted octanol–water partition coefficient (Wildman–Crippen LogP) is 0.790. The van der Waals surface area contributed by atoms with Gasteiger partial charge in [-0.15, -0.1) is 0 Å². The highest BCUT2D eigenvalue weighted by molar-refractivity contribution is 5.59. The van der Waals surface area contributed by atoms with Crippen molar-refractivity contribution in [2.75, 3.05) is 13.2 Å². The fraction of sp³-hybridized carbons (Fsp3) is 0.571. The number of aromatic amines is 2. The Balaban J connectivity index is 1.36. The maximum absolute atomic E-state index is 12.3. The van der Waals surface area contributed by atoms with Crippen LogP contribution in [0.1, 0.15) is 36.4 Å². The number of ether oxygens (including phenoxy) is 4. The molecule has 212 valence electrons. The van der Waals surface area contributed by atoms with Crippen molar-refractivity contribution in [1.82, 2.24) is 19.1 Å². The molecule has 0 saturated carbocycles. The number of hydrogen-bond donors (Lipinski definition) is 2. The number of aryl methyl sites for hydroxylation is 2. The van der Waals surface area contributed by atoms with Crippen LogP contribution < -0.4 is 22.5 Å². The van der Waals surface area contributed by atoms with E-state index in [2.05, 4.69) is 30.0 Å². The fourth-order valence-electron chi connectivity index (χ4n) is 4.39. The molecular weight excluding hydrogens is 536 g/mol. The van der Waals surface area contributed by atoms with E-state index in [1.165, 1.54) is 26.2 Å². The van der Waals surface area contributed by atoms with Crippen molar-refractivity contribution in [2.45, 2.75) is 63.4 Å². The molecule has 4 heterocycles. The molecule has 2 aromatic heterocycles. The first kappa shape index (κ1) is 28.2. The highest BCUT2D eigenvalue weighted by atomic mass is 16.7. The maximum Gasteiger partial charge on any atom is 0.508 e. The molecule has 0 bridgehead atoms. The molecule has 19 heteroatoms. The Morgan fingerprint density at radius 2 is 1.27 bits per heavy atom. The number of azide groups is 2. The lowest BCUT2D eigenvalue weighted by Crippen LogP contribution is -2.34. The minimum atomic E-state index is -1.13. The number of nitrogens with one attached hydrogen (secondary N) is 2. The van der Waals surface area contributed by atoms with Gasteiger partial charge < -0.3 is 18.9 Å². The molecule has 2 N–H and O–H groups in total. The second-order valence-electron chi connectivity index (χ2n) is 9.10. The number of hydrogen-bond acceptors (Lipinski definition) is 11. The van der Waals surface area contributed by atoms with Gasteiger partial charge in [0, 0.05) is 46.2 Å². The van der Waals surface area contributed by atoms with E-state index in [1.807, 2.05) is 0 Å². The van der Waals surface area contributed by atoms with E-state index < -0.39 is 78.6 Å². The Kier molecular flexibility index (Phi) is 8.40. The molecule has 0 spiro atoms. The Morgan fingerprint density at radius 1 is 0.875 bits per heavy atom. The minimum Gasteiger partial charge on any atom is -0.432 e. The van der Waals surface area contributed by atoms with Crippen LogP contribution in [0.4, 0.5) is 4.79 Å². The van der Waals surface area contributed by atoms with Crippen molar-refractivity contribution < 1.29 is 23.7 Å². The first-order valence-electron chi connectivity index (χ1n) is 11.9. The summed E-state index contributed by atoms with van der Waals surface area (Å²) in [7, 11) is 0. The quantitative estimate of drug-likeness (QED) is 0.200. The van der Waals surface area contributed by atoms with Crippen molar-refractivity contribution >= 4 is 6.16 Å². The van der Waals surface area contributed by atoms with Gasteiger partial charge in [0.15, 0.2) is 0 Å². The zero-order chi connectivity index (χ0) is 29.0. The Bertz CT molecular complexity index is 1500. The van der Waals surface area contributed by atoms with E-state index >= 15 is 0 Å². The monoisotopic (exact) mass is 560 g/mol. The van der Waals surface area contributed by atoms with Crippen molar-refractivity contribution in [3.63, 3.8) is 0 Å². The SMILES string of the molecule is Cc1cn([C@@H]2C[C@@H](N=[N+]=[N-])[C@H](COC(=O)OC[C@H]3O[C@@H](n4cc(C)c(=O)[nH]c4=O)C[C@@H]3N=[N+]=[N-])O2)c(=O)[nH]c1=O. The maximum atomic E-state index is 12.3. The minimum absolute atomic E-state index is 0.0767. The third-order valence-electron chi connectivity index (χ3n) is 6.45. The average molecular weight is 560 g/mol. The molecule has 19 nitrogen and oxygen atoms in total. The van der Waals surface area contributed by atoms with E-state index in [4.69, 9.17) is 30.0 Å². The number of rotatable bonds is 8. The predicted molar refractivity (Wildman–Crippen MR) is 132 cm³/mol. The van der Waals surface area contributed by atoms with Crippen LogP contribution in [0.5, 0.6) is 0 Å². The van der Waals surface area contributed by atoms with Crippen LogP contribution >= 0.6 is 0 Å². The van der Waals surface area contributed by atoms with Crippen LogP contribution in [0.2, 0.25) is 0 Å². The Morgan fingerprint density at radius 3 is 1.65 bits per heavy atom. The van der Waals surface area contributed by atoms with Gasteiger partial charge in [-0.25, -0.2) is 14.4 Å².